The molecular formula is C26H29N6O3. The van der Waals surface area contributed by atoms with E-state index in [0.717, 1.165) is 49.7 Å². The largest absolute Gasteiger partial charge is 0.493 e. The Labute approximate surface area is 205 Å². The standard InChI is InChI=1S/C26H29N6O3/c1-34-24-15-21-10-14-30(17-22(21)16-25(24)35-2)13-9-19-3-5-23(6-4-19)32-28-18-31(29-32)26(33)20-7-11-27-12-8-20/h3-8,11-12,15-16,18,26,29H,9-10,13-14,17H2,1-2H3. The summed E-state index contributed by atoms with van der Waals surface area (Å²) in [6, 6.07) is 15.9. The maximum Gasteiger partial charge on any atom is 0.206 e. The number of nitrogens with one attached hydrogen (secondary N) is 1. The summed E-state index contributed by atoms with van der Waals surface area (Å²) in [5.74, 6) is 1.58. The van der Waals surface area contributed by atoms with Crippen LogP contribution in [0.4, 0.5) is 5.69 Å². The first-order valence-corrected chi connectivity index (χ1v) is 11.6. The molecule has 0 aliphatic carbocycles. The molecule has 1 unspecified atom stereocenters. The minimum Gasteiger partial charge on any atom is -0.493 e. The van der Waals surface area contributed by atoms with Crippen LogP contribution >= 0.6 is 0 Å². The highest BCUT2D eigenvalue weighted by Crippen LogP contribution is 2.33. The topological polar surface area (TPSA) is 85.4 Å². The minimum absolute atomic E-state index is 0.620. The molecule has 0 saturated heterocycles. The predicted octanol–water partition coefficient (Wildman–Crippen LogP) is 3.31. The first kappa shape index (κ1) is 23.1. The molecule has 9 nitrogen and oxygen atoms in total. The van der Waals surface area contributed by atoms with E-state index >= 15 is 0 Å². The summed E-state index contributed by atoms with van der Waals surface area (Å²) in [6.45, 7) is 2.91. The number of methoxy groups -OCH3 is 2. The second-order valence-electron chi connectivity index (χ2n) is 8.60. The number of fused-ring (bicyclic) bond motifs is 1. The fourth-order valence-corrected chi connectivity index (χ4v) is 4.42. The van der Waals surface area contributed by atoms with Gasteiger partial charge in [-0.15, -0.1) is 10.6 Å². The summed E-state index contributed by atoms with van der Waals surface area (Å²) < 4.78 is 10.9. The van der Waals surface area contributed by atoms with Gasteiger partial charge in [0.2, 0.25) is 6.23 Å². The van der Waals surface area contributed by atoms with Gasteiger partial charge in [-0.2, -0.15) is 5.12 Å². The highest BCUT2D eigenvalue weighted by molar-refractivity contribution is 5.62. The van der Waals surface area contributed by atoms with Crippen LogP contribution in [0, 0.1) is 0 Å². The van der Waals surface area contributed by atoms with Gasteiger partial charge < -0.3 is 9.47 Å². The van der Waals surface area contributed by atoms with Gasteiger partial charge in [-0.3, -0.25) is 9.88 Å². The van der Waals surface area contributed by atoms with Gasteiger partial charge in [-0.25, -0.2) is 10.1 Å². The highest BCUT2D eigenvalue weighted by atomic mass is 16.5. The van der Waals surface area contributed by atoms with E-state index in [1.807, 2.05) is 12.1 Å². The van der Waals surface area contributed by atoms with E-state index in [0.29, 0.717) is 5.56 Å². The Morgan fingerprint density at radius 1 is 1.00 bits per heavy atom. The second kappa shape index (κ2) is 10.3. The molecule has 0 fully saturated rings. The Bertz CT molecular complexity index is 1170. The quantitative estimate of drug-likeness (QED) is 0.537. The molecule has 0 saturated carbocycles. The molecule has 3 heterocycles. The molecule has 2 aromatic carbocycles. The van der Waals surface area contributed by atoms with Crippen molar-refractivity contribution in [2.45, 2.75) is 25.6 Å². The Hall–Kier alpha value is -3.66. The second-order valence-corrected chi connectivity index (χ2v) is 8.60. The van der Waals surface area contributed by atoms with Crippen LogP contribution in [-0.2, 0) is 24.5 Å². The molecule has 181 valence electrons. The minimum atomic E-state index is -1.11. The molecule has 2 aliphatic rings. The monoisotopic (exact) mass is 473 g/mol. The summed E-state index contributed by atoms with van der Waals surface area (Å²) in [4.78, 5) is 6.43. The number of aromatic nitrogens is 1. The van der Waals surface area contributed by atoms with Crippen molar-refractivity contribution in [2.75, 3.05) is 32.4 Å². The molecule has 1 atom stereocenters. The number of pyridine rings is 1. The Kier molecular flexibility index (Phi) is 6.80. The van der Waals surface area contributed by atoms with Gasteiger partial charge in [0.25, 0.3) is 0 Å². The van der Waals surface area contributed by atoms with Crippen LogP contribution in [0.3, 0.4) is 0 Å². The van der Waals surface area contributed by atoms with Crippen LogP contribution < -0.4 is 20.1 Å². The summed E-state index contributed by atoms with van der Waals surface area (Å²) >= 11 is 0. The Morgan fingerprint density at radius 2 is 1.71 bits per heavy atom. The summed E-state index contributed by atoms with van der Waals surface area (Å²) in [6.07, 6.45) is 5.58. The van der Waals surface area contributed by atoms with Crippen LogP contribution in [0.1, 0.15) is 28.5 Å². The van der Waals surface area contributed by atoms with E-state index in [4.69, 9.17) is 9.47 Å². The van der Waals surface area contributed by atoms with Crippen molar-refractivity contribution in [3.05, 3.63) is 83.2 Å². The zero-order valence-corrected chi connectivity index (χ0v) is 19.9. The molecule has 9 heteroatoms. The molecule has 5 rings (SSSR count). The molecular weight excluding hydrogens is 444 g/mol. The van der Waals surface area contributed by atoms with Crippen LogP contribution in [0.2, 0.25) is 0 Å². The van der Waals surface area contributed by atoms with E-state index < -0.39 is 6.23 Å². The van der Waals surface area contributed by atoms with Crippen molar-refractivity contribution in [3.63, 3.8) is 0 Å². The molecule has 0 bridgehead atoms. The van der Waals surface area contributed by atoms with Crippen molar-refractivity contribution in [3.8, 4) is 11.5 Å². The van der Waals surface area contributed by atoms with Crippen molar-refractivity contribution < 1.29 is 14.6 Å². The zero-order valence-electron chi connectivity index (χ0n) is 19.9. The molecule has 3 aromatic rings. The number of hydrogen-bond donors (Lipinski definition) is 1. The molecule has 1 N–H and O–H groups in total. The van der Waals surface area contributed by atoms with Gasteiger partial charge >= 0.3 is 0 Å². The average molecular weight is 474 g/mol. The lowest BCUT2D eigenvalue weighted by Gasteiger charge is -2.29. The van der Waals surface area contributed by atoms with Gasteiger partial charge in [0.15, 0.2) is 11.5 Å². The summed E-state index contributed by atoms with van der Waals surface area (Å²) in [5, 5.41) is 20.0. The van der Waals surface area contributed by atoms with Gasteiger partial charge in [0, 0.05) is 37.6 Å². The van der Waals surface area contributed by atoms with Gasteiger partial charge in [0.1, 0.15) is 6.34 Å². The zero-order chi connectivity index (χ0) is 24.2. The van der Waals surface area contributed by atoms with Crippen molar-refractivity contribution >= 4 is 12.0 Å². The highest BCUT2D eigenvalue weighted by Gasteiger charge is 2.24. The van der Waals surface area contributed by atoms with Gasteiger partial charge in [-0.1, -0.05) is 12.1 Å². The first-order chi connectivity index (χ1) is 17.1. The molecule has 2 aliphatic heterocycles. The third-order valence-electron chi connectivity index (χ3n) is 6.44. The van der Waals surface area contributed by atoms with Crippen molar-refractivity contribution in [1.29, 1.82) is 0 Å². The number of hydrogen-bond acceptors (Lipinski definition) is 8. The van der Waals surface area contributed by atoms with E-state index in [1.54, 1.807) is 43.9 Å². The number of rotatable bonds is 8. The first-order valence-electron chi connectivity index (χ1n) is 11.6. The lowest BCUT2D eigenvalue weighted by Crippen LogP contribution is -2.42. The molecule has 1 aromatic heterocycles. The van der Waals surface area contributed by atoms with E-state index in [2.05, 4.69) is 44.8 Å². The SMILES string of the molecule is COc1cc2c(cc1OC)CN(CCc1ccc(N3N=CN(C([O])c4ccncc4)N3)cc1)CC2. The lowest BCUT2D eigenvalue weighted by atomic mass is 9.98. The number of anilines is 1. The van der Waals surface area contributed by atoms with Crippen molar-refractivity contribution in [1.82, 2.24) is 20.4 Å². The number of ether oxygens (including phenoxy) is 2. The lowest BCUT2D eigenvalue weighted by molar-refractivity contribution is -0.0292. The van der Waals surface area contributed by atoms with E-state index in [9.17, 15) is 5.11 Å². The Morgan fingerprint density at radius 3 is 2.43 bits per heavy atom. The Balaban J connectivity index is 1.15. The third kappa shape index (κ3) is 5.07. The number of hydrazone groups is 1. The molecule has 0 spiro atoms. The fraction of sp³-hybridized carbons (Fsp3) is 0.308. The maximum atomic E-state index is 12.6. The average Bonchev–Trinajstić information content (AvgIpc) is 3.41. The number of nitrogens with zero attached hydrogens (tertiary/aromatic N) is 5. The van der Waals surface area contributed by atoms with Crippen LogP contribution in [-0.4, -0.2) is 48.5 Å². The fourth-order valence-electron chi connectivity index (χ4n) is 4.42. The molecule has 35 heavy (non-hydrogen) atoms. The predicted molar refractivity (Wildman–Crippen MR) is 132 cm³/mol. The number of benzene rings is 2. The summed E-state index contributed by atoms with van der Waals surface area (Å²) in [7, 11) is 3.35. The van der Waals surface area contributed by atoms with E-state index in [-0.39, 0.29) is 0 Å². The number of hydrazine groups is 2. The van der Waals surface area contributed by atoms with Crippen LogP contribution in [0.25, 0.3) is 0 Å². The molecule has 1 radical (unpaired) electrons. The van der Waals surface area contributed by atoms with E-state index in [1.165, 1.54) is 28.0 Å². The van der Waals surface area contributed by atoms with Crippen molar-refractivity contribution in [2.24, 2.45) is 5.10 Å². The smallest absolute Gasteiger partial charge is 0.206 e. The van der Waals surface area contributed by atoms with Gasteiger partial charge in [-0.05, 0) is 65.9 Å². The maximum absolute atomic E-state index is 12.6. The summed E-state index contributed by atoms with van der Waals surface area (Å²) in [5.41, 5.74) is 8.39. The van der Waals surface area contributed by atoms with Gasteiger partial charge in [0.05, 0.1) is 19.9 Å². The van der Waals surface area contributed by atoms with Crippen LogP contribution in [0.15, 0.2) is 66.0 Å². The third-order valence-corrected chi connectivity index (χ3v) is 6.44. The van der Waals surface area contributed by atoms with Crippen LogP contribution in [0.5, 0.6) is 11.5 Å². The molecule has 0 amide bonds. The normalized spacial score (nSPS) is 16.3.